The second kappa shape index (κ2) is 5.60. The number of hydrogen-bond donors (Lipinski definition) is 0. The molecule has 1 aromatic heterocycles. The van der Waals surface area contributed by atoms with Crippen molar-refractivity contribution in [1.82, 2.24) is 15.1 Å². The van der Waals surface area contributed by atoms with E-state index in [0.717, 1.165) is 12.2 Å². The summed E-state index contributed by atoms with van der Waals surface area (Å²) in [4.78, 5) is 2.49. The first-order valence-corrected chi connectivity index (χ1v) is 6.35. The molecule has 0 radical (unpaired) electrons. The fourth-order valence-corrected chi connectivity index (χ4v) is 2.31. The molecule has 0 bridgehead atoms. The Morgan fingerprint density at radius 2 is 2.19 bits per heavy atom. The molecule has 0 aromatic carbocycles. The minimum atomic E-state index is 0.465. The number of rotatable bonds is 2. The summed E-state index contributed by atoms with van der Waals surface area (Å²) in [5.74, 6) is 0. The highest BCUT2D eigenvalue weighted by Gasteiger charge is 2.17. The largest absolute Gasteiger partial charge is 0.295 e. The summed E-state index contributed by atoms with van der Waals surface area (Å²) in [5, 5.41) is 8.46. The second-order valence-corrected chi connectivity index (χ2v) is 4.90. The van der Waals surface area contributed by atoms with Gasteiger partial charge < -0.3 is 0 Å². The van der Waals surface area contributed by atoms with Crippen LogP contribution in [0.1, 0.15) is 38.3 Å². The van der Waals surface area contributed by atoms with Crippen LogP contribution in [0, 0.1) is 0 Å². The van der Waals surface area contributed by atoms with Crippen LogP contribution in [0.15, 0.2) is 12.1 Å². The average Bonchev–Trinajstić information content (AvgIpc) is 2.48. The van der Waals surface area contributed by atoms with Crippen LogP contribution in [0.2, 0.25) is 5.15 Å². The van der Waals surface area contributed by atoms with Gasteiger partial charge in [-0.05, 0) is 38.4 Å². The molecule has 0 saturated carbocycles. The van der Waals surface area contributed by atoms with Crippen LogP contribution in [0.4, 0.5) is 0 Å². The zero-order valence-electron chi connectivity index (χ0n) is 9.69. The van der Waals surface area contributed by atoms with Crippen LogP contribution in [-0.4, -0.2) is 27.7 Å². The van der Waals surface area contributed by atoms with Crippen molar-refractivity contribution in [2.75, 3.05) is 6.54 Å². The van der Waals surface area contributed by atoms with Gasteiger partial charge in [0.25, 0.3) is 0 Å². The van der Waals surface area contributed by atoms with E-state index in [0.29, 0.717) is 11.2 Å². The van der Waals surface area contributed by atoms with Crippen LogP contribution in [0.25, 0.3) is 0 Å². The smallest absolute Gasteiger partial charge is 0.151 e. The van der Waals surface area contributed by atoms with Crippen LogP contribution in [0.3, 0.4) is 0 Å². The van der Waals surface area contributed by atoms with E-state index in [9.17, 15) is 0 Å². The predicted molar refractivity (Wildman–Crippen MR) is 65.4 cm³/mol. The fraction of sp³-hybridized carbons (Fsp3) is 0.667. The van der Waals surface area contributed by atoms with Gasteiger partial charge in [0, 0.05) is 12.6 Å². The molecule has 88 valence electrons. The molecule has 1 saturated heterocycles. The molecule has 1 aliphatic heterocycles. The molecular formula is C12H18ClN3. The van der Waals surface area contributed by atoms with Crippen LogP contribution < -0.4 is 0 Å². The fourth-order valence-electron chi connectivity index (χ4n) is 2.21. The Labute approximate surface area is 102 Å². The van der Waals surface area contributed by atoms with Crippen molar-refractivity contribution in [1.29, 1.82) is 0 Å². The van der Waals surface area contributed by atoms with Gasteiger partial charge >= 0.3 is 0 Å². The number of halogens is 1. The molecule has 2 rings (SSSR count). The van der Waals surface area contributed by atoms with Gasteiger partial charge in [-0.15, -0.1) is 5.10 Å². The molecule has 1 unspecified atom stereocenters. The molecule has 0 aliphatic carbocycles. The van der Waals surface area contributed by atoms with E-state index in [1.165, 1.54) is 32.2 Å². The molecule has 1 aromatic rings. The number of aromatic nitrogens is 2. The zero-order valence-corrected chi connectivity index (χ0v) is 10.5. The van der Waals surface area contributed by atoms with Gasteiger partial charge in [0.15, 0.2) is 5.15 Å². The Kier molecular flexibility index (Phi) is 4.13. The first kappa shape index (κ1) is 11.8. The molecule has 0 amide bonds. The van der Waals surface area contributed by atoms with Crippen molar-refractivity contribution in [2.24, 2.45) is 0 Å². The van der Waals surface area contributed by atoms with E-state index in [1.54, 1.807) is 0 Å². The number of likely N-dealkylation sites (tertiary alicyclic amines) is 1. The van der Waals surface area contributed by atoms with E-state index in [-0.39, 0.29) is 0 Å². The third kappa shape index (κ3) is 3.16. The summed E-state index contributed by atoms with van der Waals surface area (Å²) in [6.07, 6.45) is 5.30. The van der Waals surface area contributed by atoms with Crippen molar-refractivity contribution >= 4 is 11.6 Å². The summed E-state index contributed by atoms with van der Waals surface area (Å²) < 4.78 is 0. The molecule has 4 heteroatoms. The normalized spacial score (nSPS) is 23.0. The van der Waals surface area contributed by atoms with Gasteiger partial charge in [0.05, 0.1) is 5.69 Å². The molecule has 1 atom stereocenters. The summed E-state index contributed by atoms with van der Waals surface area (Å²) >= 11 is 5.72. The lowest BCUT2D eigenvalue weighted by Crippen LogP contribution is -2.32. The van der Waals surface area contributed by atoms with Gasteiger partial charge in [-0.3, -0.25) is 4.90 Å². The Balaban J connectivity index is 1.99. The summed E-state index contributed by atoms with van der Waals surface area (Å²) in [7, 11) is 0. The Morgan fingerprint density at radius 3 is 2.94 bits per heavy atom. The molecule has 3 nitrogen and oxygen atoms in total. The van der Waals surface area contributed by atoms with Crippen LogP contribution in [0.5, 0.6) is 0 Å². The summed E-state index contributed by atoms with van der Waals surface area (Å²) in [6, 6.07) is 4.43. The maximum absolute atomic E-state index is 5.72. The topological polar surface area (TPSA) is 29.0 Å². The van der Waals surface area contributed by atoms with Crippen LogP contribution >= 0.6 is 11.6 Å². The molecule has 1 aliphatic rings. The first-order chi connectivity index (χ1) is 7.75. The number of hydrogen-bond acceptors (Lipinski definition) is 3. The minimum Gasteiger partial charge on any atom is -0.295 e. The standard InChI is InChI=1S/C12H18ClN3/c1-10-5-3-2-4-8-16(10)9-11-6-7-12(13)15-14-11/h6-7,10H,2-5,8-9H2,1H3. The van der Waals surface area contributed by atoms with Crippen molar-refractivity contribution < 1.29 is 0 Å². The molecule has 0 N–H and O–H groups in total. The Bertz CT molecular complexity index is 326. The maximum atomic E-state index is 5.72. The summed E-state index contributed by atoms with van der Waals surface area (Å²) in [5.41, 5.74) is 1.01. The highest BCUT2D eigenvalue weighted by atomic mass is 35.5. The molecule has 0 spiro atoms. The molecular weight excluding hydrogens is 222 g/mol. The molecule has 2 heterocycles. The Morgan fingerprint density at radius 1 is 1.31 bits per heavy atom. The van der Waals surface area contributed by atoms with Gasteiger partial charge in [-0.1, -0.05) is 24.4 Å². The lowest BCUT2D eigenvalue weighted by atomic mass is 10.1. The third-order valence-electron chi connectivity index (χ3n) is 3.24. The number of nitrogens with zero attached hydrogens (tertiary/aromatic N) is 3. The second-order valence-electron chi connectivity index (χ2n) is 4.52. The average molecular weight is 240 g/mol. The quantitative estimate of drug-likeness (QED) is 0.795. The lowest BCUT2D eigenvalue weighted by Gasteiger charge is -2.26. The maximum Gasteiger partial charge on any atom is 0.151 e. The van der Waals surface area contributed by atoms with Crippen molar-refractivity contribution in [3.63, 3.8) is 0 Å². The SMILES string of the molecule is CC1CCCCCN1Cc1ccc(Cl)nn1. The van der Waals surface area contributed by atoms with Gasteiger partial charge in [0.2, 0.25) is 0 Å². The monoisotopic (exact) mass is 239 g/mol. The van der Waals surface area contributed by atoms with Crippen molar-refractivity contribution in [3.05, 3.63) is 23.0 Å². The van der Waals surface area contributed by atoms with E-state index < -0.39 is 0 Å². The van der Waals surface area contributed by atoms with Gasteiger partial charge in [-0.25, -0.2) is 0 Å². The van der Waals surface area contributed by atoms with Gasteiger partial charge in [-0.2, -0.15) is 5.10 Å². The molecule has 1 fully saturated rings. The zero-order chi connectivity index (χ0) is 11.4. The van der Waals surface area contributed by atoms with Crippen molar-refractivity contribution in [2.45, 2.75) is 45.2 Å². The molecule has 16 heavy (non-hydrogen) atoms. The van der Waals surface area contributed by atoms with Crippen molar-refractivity contribution in [3.8, 4) is 0 Å². The highest BCUT2D eigenvalue weighted by Crippen LogP contribution is 2.18. The van der Waals surface area contributed by atoms with Gasteiger partial charge in [0.1, 0.15) is 0 Å². The third-order valence-corrected chi connectivity index (χ3v) is 3.44. The first-order valence-electron chi connectivity index (χ1n) is 5.98. The van der Waals surface area contributed by atoms with E-state index in [4.69, 9.17) is 11.6 Å². The minimum absolute atomic E-state index is 0.465. The van der Waals surface area contributed by atoms with E-state index >= 15 is 0 Å². The predicted octanol–water partition coefficient (Wildman–Crippen LogP) is 2.89. The highest BCUT2D eigenvalue weighted by molar-refractivity contribution is 6.29. The van der Waals surface area contributed by atoms with E-state index in [2.05, 4.69) is 22.0 Å². The summed E-state index contributed by atoms with van der Waals surface area (Å²) in [6.45, 7) is 4.37. The Hall–Kier alpha value is -0.670. The lowest BCUT2D eigenvalue weighted by molar-refractivity contribution is 0.202. The van der Waals surface area contributed by atoms with Crippen LogP contribution in [-0.2, 0) is 6.54 Å². The van der Waals surface area contributed by atoms with E-state index in [1.807, 2.05) is 12.1 Å².